The van der Waals surface area contributed by atoms with Crippen molar-refractivity contribution >= 4 is 23.6 Å². The smallest absolute Gasteiger partial charge is 0.322 e. The molecule has 1 fully saturated rings. The number of esters is 1. The molecule has 7 nitrogen and oxygen atoms in total. The van der Waals surface area contributed by atoms with Crippen LogP contribution in [-0.2, 0) is 27.3 Å². The third-order valence-corrected chi connectivity index (χ3v) is 5.88. The number of carbonyl (C=O) groups is 3. The summed E-state index contributed by atoms with van der Waals surface area (Å²) in [5.74, 6) is -0.937. The molecule has 188 valence electrons. The number of halogens is 1. The number of hydrogen-bond donors (Lipinski definition) is 1. The van der Waals surface area contributed by atoms with E-state index >= 15 is 0 Å². The van der Waals surface area contributed by atoms with Crippen molar-refractivity contribution in [3.8, 4) is 0 Å². The molecule has 3 rings (SSSR count). The van der Waals surface area contributed by atoms with E-state index < -0.39 is 0 Å². The molecule has 0 aliphatic carbocycles. The summed E-state index contributed by atoms with van der Waals surface area (Å²) in [4.78, 5) is 41.4. The maximum Gasteiger partial charge on any atom is 0.322 e. The van der Waals surface area contributed by atoms with E-state index in [9.17, 15) is 18.8 Å². The number of rotatable bonds is 8. The van der Waals surface area contributed by atoms with Crippen molar-refractivity contribution in [3.63, 3.8) is 0 Å². The lowest BCUT2D eigenvalue weighted by atomic mass is 9.97. The molecule has 2 aromatic carbocycles. The van der Waals surface area contributed by atoms with Crippen LogP contribution in [0.4, 0.5) is 14.9 Å². The highest BCUT2D eigenvalue weighted by Gasteiger charge is 2.29. The van der Waals surface area contributed by atoms with Crippen LogP contribution in [0.3, 0.4) is 0 Å². The van der Waals surface area contributed by atoms with Crippen molar-refractivity contribution < 1.29 is 23.5 Å². The van der Waals surface area contributed by atoms with Gasteiger partial charge in [-0.05, 0) is 69.0 Å². The SMILES string of the molecule is CCOC(=O)C1CCCN(C(=O)Cc2cccc(N(Cc3ccc(F)cc3)C(=O)NC(C)C)c2)C1. The maximum absolute atomic E-state index is 13.4. The molecule has 0 bridgehead atoms. The van der Waals surface area contributed by atoms with Gasteiger partial charge in [-0.3, -0.25) is 14.5 Å². The summed E-state index contributed by atoms with van der Waals surface area (Å²) in [5.41, 5.74) is 2.19. The number of nitrogens with zero attached hydrogens (tertiary/aromatic N) is 2. The van der Waals surface area contributed by atoms with Crippen molar-refractivity contribution in [2.24, 2.45) is 5.92 Å². The predicted molar refractivity (Wildman–Crippen MR) is 132 cm³/mol. The van der Waals surface area contributed by atoms with Gasteiger partial charge in [0.2, 0.25) is 5.91 Å². The van der Waals surface area contributed by atoms with Crippen LogP contribution < -0.4 is 10.2 Å². The van der Waals surface area contributed by atoms with E-state index in [4.69, 9.17) is 4.74 Å². The number of nitrogens with one attached hydrogen (secondary N) is 1. The lowest BCUT2D eigenvalue weighted by Gasteiger charge is -2.31. The molecule has 1 aliphatic rings. The number of anilines is 1. The Morgan fingerprint density at radius 1 is 1.14 bits per heavy atom. The molecule has 1 aliphatic heterocycles. The fourth-order valence-electron chi connectivity index (χ4n) is 4.15. The highest BCUT2D eigenvalue weighted by atomic mass is 19.1. The van der Waals surface area contributed by atoms with Crippen molar-refractivity contribution in [2.75, 3.05) is 24.6 Å². The number of hydrogen-bond acceptors (Lipinski definition) is 4. The van der Waals surface area contributed by atoms with Gasteiger partial charge in [-0.25, -0.2) is 9.18 Å². The first-order chi connectivity index (χ1) is 16.8. The second kappa shape index (κ2) is 12.3. The van der Waals surface area contributed by atoms with Crippen LogP contribution in [0.5, 0.6) is 0 Å². The number of ether oxygens (including phenoxy) is 1. The van der Waals surface area contributed by atoms with Gasteiger partial charge in [0.25, 0.3) is 0 Å². The lowest BCUT2D eigenvalue weighted by molar-refractivity contribution is -0.151. The molecular formula is C27H34FN3O4. The number of urea groups is 1. The summed E-state index contributed by atoms with van der Waals surface area (Å²) < 4.78 is 18.5. The van der Waals surface area contributed by atoms with E-state index in [0.29, 0.717) is 25.4 Å². The van der Waals surface area contributed by atoms with E-state index in [2.05, 4.69) is 5.32 Å². The zero-order valence-electron chi connectivity index (χ0n) is 20.6. The molecule has 8 heteroatoms. The number of piperidine rings is 1. The third kappa shape index (κ3) is 7.53. The van der Waals surface area contributed by atoms with Crippen LogP contribution in [0.1, 0.15) is 44.7 Å². The summed E-state index contributed by atoms with van der Waals surface area (Å²) in [5, 5.41) is 2.90. The van der Waals surface area contributed by atoms with Gasteiger partial charge in [0, 0.05) is 24.8 Å². The molecule has 0 radical (unpaired) electrons. The van der Waals surface area contributed by atoms with Gasteiger partial charge in [-0.1, -0.05) is 24.3 Å². The number of likely N-dealkylation sites (tertiary alicyclic amines) is 1. The van der Waals surface area contributed by atoms with Crippen LogP contribution in [0.15, 0.2) is 48.5 Å². The summed E-state index contributed by atoms with van der Waals surface area (Å²) in [6.07, 6.45) is 1.65. The van der Waals surface area contributed by atoms with E-state index in [1.54, 1.807) is 28.9 Å². The summed E-state index contributed by atoms with van der Waals surface area (Å²) >= 11 is 0. The van der Waals surface area contributed by atoms with Crippen molar-refractivity contribution in [2.45, 2.75) is 52.6 Å². The van der Waals surface area contributed by atoms with Gasteiger partial charge in [-0.15, -0.1) is 0 Å². The third-order valence-electron chi connectivity index (χ3n) is 5.88. The van der Waals surface area contributed by atoms with Gasteiger partial charge in [0.1, 0.15) is 5.82 Å². The van der Waals surface area contributed by atoms with Crippen LogP contribution in [-0.4, -0.2) is 48.5 Å². The lowest BCUT2D eigenvalue weighted by Crippen LogP contribution is -2.43. The maximum atomic E-state index is 13.4. The zero-order chi connectivity index (χ0) is 25.4. The van der Waals surface area contributed by atoms with Gasteiger partial charge in [0.05, 0.1) is 25.5 Å². The fraction of sp³-hybridized carbons (Fsp3) is 0.444. The first kappa shape index (κ1) is 26.2. The Kier molecular flexibility index (Phi) is 9.23. The summed E-state index contributed by atoms with van der Waals surface area (Å²) in [6.45, 7) is 7.10. The minimum Gasteiger partial charge on any atom is -0.466 e. The highest BCUT2D eigenvalue weighted by Crippen LogP contribution is 2.22. The zero-order valence-corrected chi connectivity index (χ0v) is 20.6. The van der Waals surface area contributed by atoms with Crippen molar-refractivity contribution in [1.29, 1.82) is 0 Å². The van der Waals surface area contributed by atoms with Crippen molar-refractivity contribution in [3.05, 3.63) is 65.5 Å². The van der Waals surface area contributed by atoms with Crippen LogP contribution >= 0.6 is 0 Å². The minimum absolute atomic E-state index is 0.0607. The number of benzene rings is 2. The van der Waals surface area contributed by atoms with Crippen LogP contribution in [0.2, 0.25) is 0 Å². The molecule has 1 heterocycles. The normalized spacial score (nSPS) is 15.6. The molecule has 1 atom stereocenters. The molecule has 3 amide bonds. The molecule has 0 aromatic heterocycles. The first-order valence-electron chi connectivity index (χ1n) is 12.1. The quantitative estimate of drug-likeness (QED) is 0.568. The van der Waals surface area contributed by atoms with E-state index in [-0.39, 0.29) is 48.7 Å². The number of carbonyl (C=O) groups excluding carboxylic acids is 3. The molecule has 1 unspecified atom stereocenters. The Labute approximate surface area is 206 Å². The van der Waals surface area contributed by atoms with Gasteiger partial charge in [-0.2, -0.15) is 0 Å². The minimum atomic E-state index is -0.338. The Balaban J connectivity index is 1.75. The predicted octanol–water partition coefficient (Wildman–Crippen LogP) is 4.29. The summed E-state index contributed by atoms with van der Waals surface area (Å²) in [6, 6.07) is 13.0. The second-order valence-corrected chi connectivity index (χ2v) is 9.09. The Morgan fingerprint density at radius 3 is 2.57 bits per heavy atom. The average molecular weight is 484 g/mol. The molecule has 0 spiro atoms. The molecule has 0 saturated carbocycles. The van der Waals surface area contributed by atoms with E-state index in [0.717, 1.165) is 24.0 Å². The Hall–Kier alpha value is -3.42. The van der Waals surface area contributed by atoms with Gasteiger partial charge in [0.15, 0.2) is 0 Å². The van der Waals surface area contributed by atoms with Gasteiger partial charge < -0.3 is 15.0 Å². The molecule has 1 saturated heterocycles. The van der Waals surface area contributed by atoms with E-state index in [1.165, 1.54) is 12.1 Å². The van der Waals surface area contributed by atoms with E-state index in [1.807, 2.05) is 38.1 Å². The number of amides is 3. The Bertz CT molecular complexity index is 1030. The highest BCUT2D eigenvalue weighted by molar-refractivity contribution is 5.92. The van der Waals surface area contributed by atoms with Crippen LogP contribution in [0.25, 0.3) is 0 Å². The van der Waals surface area contributed by atoms with Crippen LogP contribution in [0, 0.1) is 11.7 Å². The molecular weight excluding hydrogens is 449 g/mol. The largest absolute Gasteiger partial charge is 0.466 e. The molecule has 35 heavy (non-hydrogen) atoms. The molecule has 2 aromatic rings. The standard InChI is InChI=1S/C27H34FN3O4/c1-4-35-26(33)22-8-6-14-30(18-22)25(32)16-21-7-5-9-24(15-21)31(27(34)29-19(2)3)17-20-10-12-23(28)13-11-20/h5,7,9-13,15,19,22H,4,6,8,14,16-18H2,1-3H3,(H,29,34). The monoisotopic (exact) mass is 483 g/mol. The summed E-state index contributed by atoms with van der Waals surface area (Å²) in [7, 11) is 0. The van der Waals surface area contributed by atoms with Gasteiger partial charge >= 0.3 is 12.0 Å². The fourth-order valence-corrected chi connectivity index (χ4v) is 4.15. The topological polar surface area (TPSA) is 79.0 Å². The molecule has 1 N–H and O–H groups in total. The first-order valence-corrected chi connectivity index (χ1v) is 12.1. The average Bonchev–Trinajstić information content (AvgIpc) is 2.83. The van der Waals surface area contributed by atoms with Crippen molar-refractivity contribution in [1.82, 2.24) is 10.2 Å². The second-order valence-electron chi connectivity index (χ2n) is 9.09. The Morgan fingerprint density at radius 2 is 1.89 bits per heavy atom.